The summed E-state index contributed by atoms with van der Waals surface area (Å²) < 4.78 is 5.27. The van der Waals surface area contributed by atoms with Crippen molar-refractivity contribution in [2.75, 3.05) is 12.8 Å². The lowest BCUT2D eigenvalue weighted by Gasteiger charge is -2.15. The summed E-state index contributed by atoms with van der Waals surface area (Å²) in [5, 5.41) is 9.45. The molecule has 104 valence electrons. The number of ether oxygens (including phenoxy) is 1. The van der Waals surface area contributed by atoms with Crippen LogP contribution in [0.4, 0.5) is 5.69 Å². The van der Waals surface area contributed by atoms with Crippen LogP contribution in [0.1, 0.15) is 17.0 Å². The van der Waals surface area contributed by atoms with Crippen LogP contribution < -0.4 is 10.5 Å². The topological polar surface area (TPSA) is 72.5 Å². The van der Waals surface area contributed by atoms with Gasteiger partial charge in [-0.2, -0.15) is 0 Å². The fraction of sp³-hybridized carbons (Fsp3) is 0.188. The minimum atomic E-state index is -0.860. The fourth-order valence-electron chi connectivity index (χ4n) is 2.17. The molecule has 0 aliphatic heterocycles. The first-order chi connectivity index (χ1) is 9.61. The first-order valence-electron chi connectivity index (χ1n) is 6.32. The maximum Gasteiger partial charge on any atom is 0.311 e. The quantitative estimate of drug-likeness (QED) is 0.820. The lowest BCUT2D eigenvalue weighted by atomic mass is 9.91. The lowest BCUT2D eigenvalue weighted by molar-refractivity contribution is -0.138. The van der Waals surface area contributed by atoms with Crippen LogP contribution in [0.15, 0.2) is 48.5 Å². The molecule has 3 N–H and O–H groups in total. The highest BCUT2D eigenvalue weighted by Crippen LogP contribution is 2.27. The van der Waals surface area contributed by atoms with E-state index in [4.69, 9.17) is 10.5 Å². The molecule has 0 bridgehead atoms. The Bertz CT molecular complexity index is 593. The van der Waals surface area contributed by atoms with E-state index in [2.05, 4.69) is 0 Å². The molecule has 1 unspecified atom stereocenters. The van der Waals surface area contributed by atoms with Gasteiger partial charge in [-0.15, -0.1) is 0 Å². The summed E-state index contributed by atoms with van der Waals surface area (Å²) in [6.45, 7) is 0. The summed E-state index contributed by atoms with van der Waals surface area (Å²) in [7, 11) is 1.58. The number of nitrogens with two attached hydrogens (primary N) is 1. The van der Waals surface area contributed by atoms with E-state index in [1.54, 1.807) is 31.4 Å². The number of hydrogen-bond acceptors (Lipinski definition) is 3. The predicted octanol–water partition coefficient (Wildman–Crippen LogP) is 2.69. The van der Waals surface area contributed by atoms with E-state index in [0.29, 0.717) is 17.9 Å². The van der Waals surface area contributed by atoms with Crippen molar-refractivity contribution in [3.8, 4) is 5.75 Å². The van der Waals surface area contributed by atoms with Gasteiger partial charge in [0.2, 0.25) is 0 Å². The third-order valence-electron chi connectivity index (χ3n) is 3.25. The van der Waals surface area contributed by atoms with Crippen molar-refractivity contribution in [2.45, 2.75) is 12.3 Å². The van der Waals surface area contributed by atoms with Crippen LogP contribution in [0.25, 0.3) is 0 Å². The summed E-state index contributed by atoms with van der Waals surface area (Å²) in [5.41, 5.74) is 7.86. The van der Waals surface area contributed by atoms with Crippen molar-refractivity contribution in [2.24, 2.45) is 0 Å². The third-order valence-corrected chi connectivity index (χ3v) is 3.25. The van der Waals surface area contributed by atoms with Gasteiger partial charge < -0.3 is 15.6 Å². The number of para-hydroxylation sites is 1. The Morgan fingerprint density at radius 1 is 1.20 bits per heavy atom. The number of hydrogen-bond donors (Lipinski definition) is 2. The maximum atomic E-state index is 11.5. The Balaban J connectivity index is 2.30. The molecule has 0 aliphatic rings. The SMILES string of the molecule is COc1ccccc1CC(C(=O)O)c1ccc(N)cc1. The maximum absolute atomic E-state index is 11.5. The molecule has 0 saturated carbocycles. The minimum absolute atomic E-state index is 0.378. The van der Waals surface area contributed by atoms with Crippen molar-refractivity contribution in [1.29, 1.82) is 0 Å². The van der Waals surface area contributed by atoms with Gasteiger partial charge in [0.1, 0.15) is 5.75 Å². The molecule has 0 aliphatic carbocycles. The minimum Gasteiger partial charge on any atom is -0.496 e. The second kappa shape index (κ2) is 6.10. The van der Waals surface area contributed by atoms with E-state index in [0.717, 1.165) is 11.1 Å². The number of aliphatic carboxylic acids is 1. The van der Waals surface area contributed by atoms with Gasteiger partial charge in [-0.3, -0.25) is 4.79 Å². The average molecular weight is 271 g/mol. The number of methoxy groups -OCH3 is 1. The molecule has 4 nitrogen and oxygen atoms in total. The van der Waals surface area contributed by atoms with Crippen LogP contribution in [-0.4, -0.2) is 18.2 Å². The molecule has 0 saturated heterocycles. The average Bonchev–Trinajstić information content (AvgIpc) is 2.46. The Morgan fingerprint density at radius 3 is 2.45 bits per heavy atom. The molecular formula is C16H17NO3. The Labute approximate surface area is 117 Å². The van der Waals surface area contributed by atoms with Gasteiger partial charge in [-0.05, 0) is 35.7 Å². The van der Waals surface area contributed by atoms with E-state index >= 15 is 0 Å². The zero-order chi connectivity index (χ0) is 14.5. The second-order valence-electron chi connectivity index (χ2n) is 4.57. The highest BCUT2D eigenvalue weighted by atomic mass is 16.5. The van der Waals surface area contributed by atoms with Gasteiger partial charge in [0.05, 0.1) is 13.0 Å². The van der Waals surface area contributed by atoms with Crippen LogP contribution in [0.2, 0.25) is 0 Å². The highest BCUT2D eigenvalue weighted by Gasteiger charge is 2.21. The van der Waals surface area contributed by atoms with E-state index in [1.165, 1.54) is 0 Å². The van der Waals surface area contributed by atoms with E-state index in [-0.39, 0.29) is 0 Å². The molecule has 20 heavy (non-hydrogen) atoms. The zero-order valence-corrected chi connectivity index (χ0v) is 11.2. The van der Waals surface area contributed by atoms with Crippen LogP contribution >= 0.6 is 0 Å². The Kier molecular flexibility index (Phi) is 4.25. The molecule has 0 fully saturated rings. The predicted molar refractivity (Wildman–Crippen MR) is 77.9 cm³/mol. The van der Waals surface area contributed by atoms with Gasteiger partial charge in [0, 0.05) is 5.69 Å². The van der Waals surface area contributed by atoms with Crippen molar-refractivity contribution in [3.05, 3.63) is 59.7 Å². The number of carboxylic acids is 1. The van der Waals surface area contributed by atoms with Gasteiger partial charge in [-0.25, -0.2) is 0 Å². The summed E-state index contributed by atoms with van der Waals surface area (Å²) >= 11 is 0. The second-order valence-corrected chi connectivity index (χ2v) is 4.57. The van der Waals surface area contributed by atoms with Crippen LogP contribution in [0.5, 0.6) is 5.75 Å². The number of carboxylic acid groups (broad SMARTS) is 1. The molecule has 0 amide bonds. The van der Waals surface area contributed by atoms with Gasteiger partial charge in [0.25, 0.3) is 0 Å². The van der Waals surface area contributed by atoms with E-state index < -0.39 is 11.9 Å². The Morgan fingerprint density at radius 2 is 1.85 bits per heavy atom. The summed E-state index contributed by atoms with van der Waals surface area (Å²) in [6, 6.07) is 14.4. The van der Waals surface area contributed by atoms with Crippen molar-refractivity contribution < 1.29 is 14.6 Å². The Hall–Kier alpha value is -2.49. The monoisotopic (exact) mass is 271 g/mol. The number of benzene rings is 2. The van der Waals surface area contributed by atoms with Gasteiger partial charge in [-0.1, -0.05) is 30.3 Å². The lowest BCUT2D eigenvalue weighted by Crippen LogP contribution is -2.15. The molecule has 1 atom stereocenters. The number of carbonyl (C=O) groups is 1. The number of nitrogen functional groups attached to an aromatic ring is 1. The van der Waals surface area contributed by atoms with Gasteiger partial charge >= 0.3 is 5.97 Å². The zero-order valence-electron chi connectivity index (χ0n) is 11.2. The van der Waals surface area contributed by atoms with Crippen LogP contribution in [-0.2, 0) is 11.2 Å². The van der Waals surface area contributed by atoms with Crippen molar-refractivity contribution >= 4 is 11.7 Å². The first-order valence-corrected chi connectivity index (χ1v) is 6.32. The molecule has 0 radical (unpaired) electrons. The molecule has 0 aromatic heterocycles. The highest BCUT2D eigenvalue weighted by molar-refractivity contribution is 5.77. The standard InChI is InChI=1S/C16H17NO3/c1-20-15-5-3-2-4-12(15)10-14(16(18)19)11-6-8-13(17)9-7-11/h2-9,14H,10,17H2,1H3,(H,18,19). The van der Waals surface area contributed by atoms with E-state index in [1.807, 2.05) is 24.3 Å². The third kappa shape index (κ3) is 3.09. The number of anilines is 1. The van der Waals surface area contributed by atoms with Gasteiger partial charge in [0.15, 0.2) is 0 Å². The largest absolute Gasteiger partial charge is 0.496 e. The normalized spacial score (nSPS) is 11.8. The molecule has 2 aromatic carbocycles. The smallest absolute Gasteiger partial charge is 0.311 e. The van der Waals surface area contributed by atoms with Crippen LogP contribution in [0.3, 0.4) is 0 Å². The van der Waals surface area contributed by atoms with Crippen LogP contribution in [0, 0.1) is 0 Å². The first kappa shape index (κ1) is 13.9. The molecule has 2 aromatic rings. The summed E-state index contributed by atoms with van der Waals surface area (Å²) in [6.07, 6.45) is 0.378. The molecule has 0 heterocycles. The number of rotatable bonds is 5. The molecule has 2 rings (SSSR count). The van der Waals surface area contributed by atoms with E-state index in [9.17, 15) is 9.90 Å². The fourth-order valence-corrected chi connectivity index (χ4v) is 2.17. The molecule has 4 heteroatoms. The summed E-state index contributed by atoms with van der Waals surface area (Å²) in [5.74, 6) is -0.776. The molecular weight excluding hydrogens is 254 g/mol. The van der Waals surface area contributed by atoms with Crippen molar-refractivity contribution in [3.63, 3.8) is 0 Å². The summed E-state index contributed by atoms with van der Waals surface area (Å²) in [4.78, 5) is 11.5. The molecule has 0 spiro atoms. The van der Waals surface area contributed by atoms with Crippen molar-refractivity contribution in [1.82, 2.24) is 0 Å².